The molecule has 0 aromatic rings. The third-order valence-electron chi connectivity index (χ3n) is 6.35. The van der Waals surface area contributed by atoms with Crippen molar-refractivity contribution in [2.45, 2.75) is 120 Å². The maximum absolute atomic E-state index is 10.5. The summed E-state index contributed by atoms with van der Waals surface area (Å²) in [7, 11) is 1.52. The van der Waals surface area contributed by atoms with Crippen LogP contribution in [0.15, 0.2) is 0 Å². The fourth-order valence-electron chi connectivity index (χ4n) is 4.53. The highest BCUT2D eigenvalue weighted by atomic mass is 16.7. The molecule has 3 aliphatic heterocycles. The van der Waals surface area contributed by atoms with Gasteiger partial charge in [0, 0.05) is 25.5 Å². The first-order valence-corrected chi connectivity index (χ1v) is 10.8. The van der Waals surface area contributed by atoms with Gasteiger partial charge in [-0.05, 0) is 27.7 Å². The Kier molecular flexibility index (Phi) is 7.98. The smallest absolute Gasteiger partial charge is 0.187 e. The quantitative estimate of drug-likeness (QED) is 0.333. The number of aliphatic hydroxyl groups excluding tert-OH is 4. The molecule has 0 bridgehead atoms. The fraction of sp³-hybridized carbons (Fsp3) is 1.00. The number of hydrogen-bond acceptors (Lipinski definition) is 11. The van der Waals surface area contributed by atoms with Crippen molar-refractivity contribution in [2.75, 3.05) is 7.11 Å². The van der Waals surface area contributed by atoms with Crippen molar-refractivity contribution in [3.63, 3.8) is 0 Å². The molecule has 3 rings (SSSR count). The number of aliphatic hydroxyl groups is 4. The van der Waals surface area contributed by atoms with Crippen molar-refractivity contribution in [3.05, 3.63) is 0 Å². The van der Waals surface area contributed by atoms with Crippen LogP contribution in [0, 0.1) is 0 Å². The molecule has 11 nitrogen and oxygen atoms in total. The molecule has 182 valence electrons. The van der Waals surface area contributed by atoms with E-state index < -0.39 is 79.3 Å². The third kappa shape index (κ3) is 5.39. The zero-order valence-electron chi connectivity index (χ0n) is 18.7. The Bertz CT molecular complexity index is 582. The van der Waals surface area contributed by atoms with E-state index in [1.165, 1.54) is 7.11 Å². The van der Waals surface area contributed by atoms with Gasteiger partial charge in [-0.3, -0.25) is 0 Å². The predicted molar refractivity (Wildman–Crippen MR) is 106 cm³/mol. The maximum atomic E-state index is 10.5. The number of methoxy groups -OCH3 is 1. The Hall–Kier alpha value is -0.440. The molecule has 31 heavy (non-hydrogen) atoms. The third-order valence-corrected chi connectivity index (χ3v) is 6.35. The van der Waals surface area contributed by atoms with E-state index in [9.17, 15) is 20.4 Å². The van der Waals surface area contributed by atoms with Crippen molar-refractivity contribution in [2.24, 2.45) is 5.73 Å². The lowest BCUT2D eigenvalue weighted by molar-refractivity contribution is -0.344. The van der Waals surface area contributed by atoms with Gasteiger partial charge in [0.1, 0.15) is 30.5 Å². The van der Waals surface area contributed by atoms with Crippen LogP contribution in [-0.4, -0.2) is 107 Å². The lowest BCUT2D eigenvalue weighted by Gasteiger charge is -2.49. The van der Waals surface area contributed by atoms with Crippen LogP contribution in [0.2, 0.25) is 0 Å². The SMILES string of the molecule is CO[C@@H]1C[C@@H](O)[C@@H](O[C@H]2C[C@](C)(N)[C@H](O[C@@H]3O[C@H](C)[C@H](O)[C@H](O)[C@H]3O)[C@@H](C)O2)[C@H](C)O1. The van der Waals surface area contributed by atoms with Crippen LogP contribution in [-0.2, 0) is 28.4 Å². The normalized spacial score (nSPS) is 54.0. The standard InChI is InChI=1S/C20H37NO10/c1-8-14(23)15(24)16(25)19(29-8)31-18-10(3)28-13(7-20(18,4)21)30-17-9(2)27-12(26-5)6-11(17)22/h8-19,22-25H,6-7,21H2,1-5H3/t8-,9+,10-,11-,12+,13+,14+,15+,16-,17+,18-,19+,20+/m1/s1. The molecule has 3 saturated heterocycles. The Morgan fingerprint density at radius 2 is 1.48 bits per heavy atom. The Morgan fingerprint density at radius 3 is 2.06 bits per heavy atom. The largest absolute Gasteiger partial charge is 0.390 e. The Morgan fingerprint density at radius 1 is 0.839 bits per heavy atom. The minimum Gasteiger partial charge on any atom is -0.390 e. The molecule has 0 aromatic heterocycles. The maximum Gasteiger partial charge on any atom is 0.187 e. The molecule has 11 heteroatoms. The van der Waals surface area contributed by atoms with Gasteiger partial charge in [-0.2, -0.15) is 0 Å². The lowest BCUT2D eigenvalue weighted by Crippen LogP contribution is -2.65. The molecule has 6 N–H and O–H groups in total. The van der Waals surface area contributed by atoms with E-state index in [0.29, 0.717) is 0 Å². The average Bonchev–Trinajstić information content (AvgIpc) is 2.69. The van der Waals surface area contributed by atoms with Gasteiger partial charge < -0.3 is 54.6 Å². The van der Waals surface area contributed by atoms with Crippen molar-refractivity contribution in [3.8, 4) is 0 Å². The number of nitrogens with two attached hydrogens (primary N) is 1. The van der Waals surface area contributed by atoms with E-state index in [4.69, 9.17) is 34.2 Å². The molecule has 0 radical (unpaired) electrons. The molecule has 0 amide bonds. The summed E-state index contributed by atoms with van der Waals surface area (Å²) in [5, 5.41) is 40.6. The van der Waals surface area contributed by atoms with Crippen molar-refractivity contribution < 1.29 is 48.8 Å². The summed E-state index contributed by atoms with van der Waals surface area (Å²) in [5.74, 6) is 0. The first-order chi connectivity index (χ1) is 14.4. The molecular formula is C20H37NO10. The Balaban J connectivity index is 1.63. The molecule has 3 heterocycles. The summed E-state index contributed by atoms with van der Waals surface area (Å²) >= 11 is 0. The lowest BCUT2D eigenvalue weighted by atomic mass is 9.85. The van der Waals surface area contributed by atoms with Gasteiger partial charge in [0.2, 0.25) is 0 Å². The number of rotatable bonds is 5. The summed E-state index contributed by atoms with van der Waals surface area (Å²) in [6.07, 6.45) is -9.70. The van der Waals surface area contributed by atoms with Crippen molar-refractivity contribution >= 4 is 0 Å². The molecule has 0 aliphatic carbocycles. The number of ether oxygens (including phenoxy) is 6. The highest BCUT2D eigenvalue weighted by molar-refractivity contribution is 4.98. The highest BCUT2D eigenvalue weighted by Gasteiger charge is 2.50. The average molecular weight is 452 g/mol. The first kappa shape index (κ1) is 25.2. The summed E-state index contributed by atoms with van der Waals surface area (Å²) in [6, 6.07) is 0. The van der Waals surface area contributed by atoms with E-state index in [1.54, 1.807) is 27.7 Å². The van der Waals surface area contributed by atoms with E-state index in [1.807, 2.05) is 0 Å². The molecule has 0 saturated carbocycles. The second-order valence-electron chi connectivity index (χ2n) is 9.13. The summed E-state index contributed by atoms with van der Waals surface area (Å²) in [4.78, 5) is 0. The van der Waals surface area contributed by atoms with Crippen LogP contribution >= 0.6 is 0 Å². The van der Waals surface area contributed by atoms with Gasteiger partial charge in [0.15, 0.2) is 18.9 Å². The fourth-order valence-corrected chi connectivity index (χ4v) is 4.53. The van der Waals surface area contributed by atoms with Crippen LogP contribution in [0.1, 0.15) is 40.5 Å². The molecule has 3 fully saturated rings. The van der Waals surface area contributed by atoms with Gasteiger partial charge in [0.25, 0.3) is 0 Å². The number of hydrogen-bond donors (Lipinski definition) is 5. The van der Waals surface area contributed by atoms with Crippen LogP contribution in [0.3, 0.4) is 0 Å². The highest BCUT2D eigenvalue weighted by Crippen LogP contribution is 2.35. The Labute approximate surface area is 182 Å². The molecular weight excluding hydrogens is 414 g/mol. The molecule has 3 aliphatic rings. The molecule has 13 atom stereocenters. The molecule has 0 aromatic carbocycles. The minimum atomic E-state index is -1.44. The van der Waals surface area contributed by atoms with Crippen LogP contribution in [0.25, 0.3) is 0 Å². The van der Waals surface area contributed by atoms with Crippen molar-refractivity contribution in [1.29, 1.82) is 0 Å². The summed E-state index contributed by atoms with van der Waals surface area (Å²) < 4.78 is 34.3. The summed E-state index contributed by atoms with van der Waals surface area (Å²) in [5.41, 5.74) is 5.60. The predicted octanol–water partition coefficient (Wildman–Crippen LogP) is -1.42. The summed E-state index contributed by atoms with van der Waals surface area (Å²) in [6.45, 7) is 6.90. The van der Waals surface area contributed by atoms with Crippen LogP contribution < -0.4 is 5.73 Å². The topological polar surface area (TPSA) is 162 Å². The second-order valence-corrected chi connectivity index (χ2v) is 9.13. The van der Waals surface area contributed by atoms with Gasteiger partial charge in [0.05, 0.1) is 24.4 Å². The van der Waals surface area contributed by atoms with Crippen molar-refractivity contribution in [1.82, 2.24) is 0 Å². The van der Waals surface area contributed by atoms with Crippen LogP contribution in [0.5, 0.6) is 0 Å². The first-order valence-electron chi connectivity index (χ1n) is 10.8. The van der Waals surface area contributed by atoms with E-state index in [2.05, 4.69) is 0 Å². The van der Waals surface area contributed by atoms with E-state index >= 15 is 0 Å². The second kappa shape index (κ2) is 9.82. The molecule has 0 spiro atoms. The van der Waals surface area contributed by atoms with Gasteiger partial charge in [-0.25, -0.2) is 0 Å². The van der Waals surface area contributed by atoms with Crippen LogP contribution in [0.4, 0.5) is 0 Å². The monoisotopic (exact) mass is 451 g/mol. The molecule has 0 unspecified atom stereocenters. The zero-order valence-corrected chi connectivity index (χ0v) is 18.7. The minimum absolute atomic E-state index is 0.245. The van der Waals surface area contributed by atoms with Gasteiger partial charge >= 0.3 is 0 Å². The zero-order chi connectivity index (χ0) is 23.1. The van der Waals surface area contributed by atoms with E-state index in [0.717, 1.165) is 0 Å². The van der Waals surface area contributed by atoms with Gasteiger partial charge in [-0.15, -0.1) is 0 Å². The van der Waals surface area contributed by atoms with Gasteiger partial charge in [-0.1, -0.05) is 0 Å². The van der Waals surface area contributed by atoms with E-state index in [-0.39, 0.29) is 12.8 Å².